The standard InChI is InChI=1S/C18H22N6/c1-3-4-9-24-12-21-16-17(22-15(10-19)23-18(16)24)20-11-14-7-5-13(2)6-8-14/h5-8,21H,3-4,9,11-12H2,1-2H3,(H,20,22,23). The molecule has 6 heteroatoms. The third-order valence-electron chi connectivity index (χ3n) is 4.10. The van der Waals surface area contributed by atoms with Gasteiger partial charge in [0.1, 0.15) is 11.8 Å². The van der Waals surface area contributed by atoms with Crippen molar-refractivity contribution in [3.8, 4) is 6.07 Å². The number of rotatable bonds is 6. The Balaban J connectivity index is 1.81. The molecule has 24 heavy (non-hydrogen) atoms. The molecule has 124 valence electrons. The first kappa shape index (κ1) is 16.1. The number of benzene rings is 1. The van der Waals surface area contributed by atoms with E-state index < -0.39 is 0 Å². The van der Waals surface area contributed by atoms with Gasteiger partial charge in [0, 0.05) is 13.1 Å². The van der Waals surface area contributed by atoms with Crippen molar-refractivity contribution in [3.05, 3.63) is 41.2 Å². The van der Waals surface area contributed by atoms with E-state index >= 15 is 0 Å². The van der Waals surface area contributed by atoms with E-state index in [2.05, 4.69) is 69.7 Å². The van der Waals surface area contributed by atoms with E-state index in [0.29, 0.717) is 19.0 Å². The lowest BCUT2D eigenvalue weighted by atomic mass is 10.1. The predicted octanol–water partition coefficient (Wildman–Crippen LogP) is 3.26. The Labute approximate surface area is 142 Å². The third kappa shape index (κ3) is 3.40. The first-order chi connectivity index (χ1) is 11.7. The topological polar surface area (TPSA) is 76.9 Å². The second kappa shape index (κ2) is 7.18. The molecular weight excluding hydrogens is 300 g/mol. The maximum Gasteiger partial charge on any atom is 0.236 e. The smallest absolute Gasteiger partial charge is 0.236 e. The molecule has 0 aliphatic carbocycles. The van der Waals surface area contributed by atoms with Gasteiger partial charge in [-0.1, -0.05) is 43.2 Å². The summed E-state index contributed by atoms with van der Waals surface area (Å²) in [5, 5.41) is 15.9. The first-order valence-corrected chi connectivity index (χ1v) is 8.31. The van der Waals surface area contributed by atoms with Crippen LogP contribution in [0.4, 0.5) is 17.3 Å². The Morgan fingerprint density at radius 3 is 2.79 bits per heavy atom. The highest BCUT2D eigenvalue weighted by Gasteiger charge is 2.25. The Morgan fingerprint density at radius 2 is 2.08 bits per heavy atom. The Bertz CT molecular complexity index is 747. The van der Waals surface area contributed by atoms with Gasteiger partial charge in [0.05, 0.1) is 6.67 Å². The van der Waals surface area contributed by atoms with Gasteiger partial charge in [-0.25, -0.2) is 0 Å². The fraction of sp³-hybridized carbons (Fsp3) is 0.389. The summed E-state index contributed by atoms with van der Waals surface area (Å²) in [6.07, 6.45) is 2.22. The molecule has 0 atom stereocenters. The highest BCUT2D eigenvalue weighted by molar-refractivity contribution is 5.81. The van der Waals surface area contributed by atoms with Gasteiger partial charge in [0.2, 0.25) is 5.82 Å². The zero-order valence-electron chi connectivity index (χ0n) is 14.1. The molecule has 1 aromatic heterocycles. The molecule has 2 aromatic rings. The van der Waals surface area contributed by atoms with Crippen LogP contribution in [0.5, 0.6) is 0 Å². The van der Waals surface area contributed by atoms with Gasteiger partial charge >= 0.3 is 0 Å². The number of hydrogen-bond donors (Lipinski definition) is 2. The zero-order valence-corrected chi connectivity index (χ0v) is 14.1. The minimum Gasteiger partial charge on any atom is -0.364 e. The summed E-state index contributed by atoms with van der Waals surface area (Å²) in [6, 6.07) is 10.4. The van der Waals surface area contributed by atoms with Crippen LogP contribution < -0.4 is 15.5 Å². The molecule has 0 saturated carbocycles. The molecule has 6 nitrogen and oxygen atoms in total. The summed E-state index contributed by atoms with van der Waals surface area (Å²) in [5.74, 6) is 1.71. The number of nitriles is 1. The van der Waals surface area contributed by atoms with Crippen molar-refractivity contribution < 1.29 is 0 Å². The molecule has 1 aliphatic heterocycles. The molecule has 0 amide bonds. The highest BCUT2D eigenvalue weighted by Crippen LogP contribution is 2.35. The lowest BCUT2D eigenvalue weighted by molar-refractivity contribution is 0.742. The molecule has 2 heterocycles. The summed E-state index contributed by atoms with van der Waals surface area (Å²) in [4.78, 5) is 10.9. The van der Waals surface area contributed by atoms with Gasteiger partial charge < -0.3 is 15.5 Å². The quantitative estimate of drug-likeness (QED) is 0.850. The van der Waals surface area contributed by atoms with E-state index in [1.807, 2.05) is 0 Å². The lowest BCUT2D eigenvalue weighted by Gasteiger charge is -2.16. The zero-order chi connectivity index (χ0) is 16.9. The number of aryl methyl sites for hydroxylation is 1. The summed E-state index contributed by atoms with van der Waals surface area (Å²) in [6.45, 7) is 6.53. The SMILES string of the molecule is CCCCN1CNc2c(NCc3ccc(C)cc3)nc(C#N)nc21. The molecule has 1 aliphatic rings. The molecule has 0 saturated heterocycles. The van der Waals surface area contributed by atoms with E-state index in [9.17, 15) is 5.26 Å². The average Bonchev–Trinajstić information content (AvgIpc) is 3.02. The van der Waals surface area contributed by atoms with Crippen LogP contribution in [0.15, 0.2) is 24.3 Å². The number of hydrogen-bond acceptors (Lipinski definition) is 6. The first-order valence-electron chi connectivity index (χ1n) is 8.31. The van der Waals surface area contributed by atoms with Crippen molar-refractivity contribution >= 4 is 17.3 Å². The predicted molar refractivity (Wildman–Crippen MR) is 96.0 cm³/mol. The van der Waals surface area contributed by atoms with Crippen LogP contribution in [0.3, 0.4) is 0 Å². The highest BCUT2D eigenvalue weighted by atomic mass is 15.3. The van der Waals surface area contributed by atoms with Gasteiger partial charge in [0.15, 0.2) is 11.6 Å². The fourth-order valence-electron chi connectivity index (χ4n) is 2.69. The van der Waals surface area contributed by atoms with Crippen molar-refractivity contribution in [2.24, 2.45) is 0 Å². The number of aromatic nitrogens is 2. The molecule has 0 spiro atoms. The van der Waals surface area contributed by atoms with E-state index in [0.717, 1.165) is 30.9 Å². The number of nitrogens with one attached hydrogen (secondary N) is 2. The fourth-order valence-corrected chi connectivity index (χ4v) is 2.69. The molecule has 3 rings (SSSR count). The van der Waals surface area contributed by atoms with Crippen molar-refractivity contribution in [3.63, 3.8) is 0 Å². The largest absolute Gasteiger partial charge is 0.364 e. The molecule has 2 N–H and O–H groups in total. The van der Waals surface area contributed by atoms with Crippen LogP contribution in [0.25, 0.3) is 0 Å². The number of unbranched alkanes of at least 4 members (excludes halogenated alkanes) is 1. The van der Waals surface area contributed by atoms with Crippen LogP contribution in [-0.4, -0.2) is 23.2 Å². The number of fused-ring (bicyclic) bond motifs is 1. The minimum atomic E-state index is 0.199. The van der Waals surface area contributed by atoms with Crippen LogP contribution >= 0.6 is 0 Å². The molecule has 0 radical (unpaired) electrons. The minimum absolute atomic E-state index is 0.199. The summed E-state index contributed by atoms with van der Waals surface area (Å²) < 4.78 is 0. The van der Waals surface area contributed by atoms with Crippen molar-refractivity contribution in [1.82, 2.24) is 9.97 Å². The van der Waals surface area contributed by atoms with Crippen molar-refractivity contribution in [2.45, 2.75) is 33.2 Å². The van der Waals surface area contributed by atoms with Crippen LogP contribution in [0.2, 0.25) is 0 Å². The maximum absolute atomic E-state index is 9.23. The van der Waals surface area contributed by atoms with Crippen LogP contribution in [-0.2, 0) is 6.54 Å². The van der Waals surface area contributed by atoms with Crippen LogP contribution in [0, 0.1) is 18.3 Å². The van der Waals surface area contributed by atoms with E-state index in [1.54, 1.807) is 0 Å². The number of nitrogens with zero attached hydrogens (tertiary/aromatic N) is 4. The Kier molecular flexibility index (Phi) is 4.80. The van der Waals surface area contributed by atoms with E-state index in [1.165, 1.54) is 11.1 Å². The van der Waals surface area contributed by atoms with Crippen LogP contribution in [0.1, 0.15) is 36.7 Å². The maximum atomic E-state index is 9.23. The summed E-state index contributed by atoms with van der Waals surface area (Å²) in [7, 11) is 0. The second-order valence-corrected chi connectivity index (χ2v) is 6.00. The third-order valence-corrected chi connectivity index (χ3v) is 4.10. The van der Waals surface area contributed by atoms with E-state index in [4.69, 9.17) is 0 Å². The Hall–Kier alpha value is -2.81. The van der Waals surface area contributed by atoms with Crippen molar-refractivity contribution in [1.29, 1.82) is 5.26 Å². The van der Waals surface area contributed by atoms with Gasteiger partial charge in [-0.3, -0.25) is 0 Å². The summed E-state index contributed by atoms with van der Waals surface area (Å²) >= 11 is 0. The van der Waals surface area contributed by atoms with E-state index in [-0.39, 0.29) is 5.82 Å². The lowest BCUT2D eigenvalue weighted by Crippen LogP contribution is -2.24. The average molecular weight is 322 g/mol. The second-order valence-electron chi connectivity index (χ2n) is 6.00. The molecule has 0 unspecified atom stereocenters. The molecule has 1 aromatic carbocycles. The monoisotopic (exact) mass is 322 g/mol. The van der Waals surface area contributed by atoms with Gasteiger partial charge in [0.25, 0.3) is 0 Å². The number of anilines is 3. The molecule has 0 fully saturated rings. The summed E-state index contributed by atoms with van der Waals surface area (Å²) in [5.41, 5.74) is 3.30. The van der Waals surface area contributed by atoms with Gasteiger partial charge in [-0.15, -0.1) is 0 Å². The van der Waals surface area contributed by atoms with Gasteiger partial charge in [-0.05, 0) is 18.9 Å². The molecule has 0 bridgehead atoms. The van der Waals surface area contributed by atoms with Gasteiger partial charge in [-0.2, -0.15) is 15.2 Å². The normalized spacial score (nSPS) is 12.5. The molecular formula is C18H22N6. The van der Waals surface area contributed by atoms with Crippen molar-refractivity contribution in [2.75, 3.05) is 28.7 Å². The Morgan fingerprint density at radius 1 is 1.29 bits per heavy atom.